The normalized spacial score (nSPS) is 17.9. The van der Waals surface area contributed by atoms with Crippen molar-refractivity contribution in [2.75, 3.05) is 30.4 Å². The molecule has 1 aromatic carbocycles. The highest BCUT2D eigenvalue weighted by molar-refractivity contribution is 5.99. The van der Waals surface area contributed by atoms with Crippen LogP contribution in [0.5, 0.6) is 0 Å². The van der Waals surface area contributed by atoms with Gasteiger partial charge >= 0.3 is 6.03 Å². The molecule has 1 aliphatic rings. The van der Waals surface area contributed by atoms with Crippen molar-refractivity contribution in [3.05, 3.63) is 48.4 Å². The smallest absolute Gasteiger partial charge is 0.331 e. The number of nitrogens with two attached hydrogens (primary N) is 1. The SMILES string of the molecule is C[C@@H]1CCN(C(=O)CC#N)C[C@@H]1N(C)c1ncnc2c1ccn2C(=O)Nc1ccc(CN)cc1. The number of piperidine rings is 1. The molecule has 0 unspecified atom stereocenters. The second kappa shape index (κ2) is 9.89. The van der Waals surface area contributed by atoms with Crippen LogP contribution in [0.25, 0.3) is 11.0 Å². The monoisotopic (exact) mass is 460 g/mol. The Morgan fingerprint density at radius 2 is 2.03 bits per heavy atom. The number of benzene rings is 1. The summed E-state index contributed by atoms with van der Waals surface area (Å²) in [5.41, 5.74) is 7.77. The lowest BCUT2D eigenvalue weighted by Crippen LogP contribution is -2.52. The molecule has 3 N–H and O–H groups in total. The Hall–Kier alpha value is -3.97. The van der Waals surface area contributed by atoms with Gasteiger partial charge in [-0.05, 0) is 36.1 Å². The molecular formula is C24H28N8O2. The molecule has 3 heterocycles. The van der Waals surface area contributed by atoms with Crippen molar-refractivity contribution in [1.82, 2.24) is 19.4 Å². The van der Waals surface area contributed by atoms with Gasteiger partial charge in [-0.2, -0.15) is 5.26 Å². The fourth-order valence-corrected chi connectivity index (χ4v) is 4.41. The average molecular weight is 461 g/mol. The lowest BCUT2D eigenvalue weighted by atomic mass is 9.92. The van der Waals surface area contributed by atoms with E-state index in [0.717, 1.165) is 17.4 Å². The standard InChI is InChI=1S/C24H28N8O2/c1-16-8-11-31(21(33)7-10-25)14-20(16)30(2)22-19-9-12-32(23(19)28-15-27-22)24(34)29-18-5-3-17(13-26)4-6-18/h3-6,9,12,15-16,20H,7-8,11,13-14,26H2,1-2H3,(H,29,34)/t16-,20+/m1/s1. The number of nitrogens with one attached hydrogen (secondary N) is 1. The Balaban J connectivity index is 1.57. The van der Waals surface area contributed by atoms with Crippen LogP contribution in [0.4, 0.5) is 16.3 Å². The van der Waals surface area contributed by atoms with Gasteiger partial charge in [0.1, 0.15) is 18.6 Å². The first kappa shape index (κ1) is 23.2. The molecule has 0 spiro atoms. The van der Waals surface area contributed by atoms with Crippen LogP contribution in [0.15, 0.2) is 42.9 Å². The molecule has 10 heteroatoms. The maximum Gasteiger partial charge on any atom is 0.331 e. The number of likely N-dealkylation sites (N-methyl/N-ethyl adjacent to an activating group) is 1. The molecule has 34 heavy (non-hydrogen) atoms. The molecule has 1 saturated heterocycles. The number of anilines is 2. The molecule has 2 amide bonds. The highest BCUT2D eigenvalue weighted by Crippen LogP contribution is 2.29. The van der Waals surface area contributed by atoms with Crippen LogP contribution in [0.2, 0.25) is 0 Å². The van der Waals surface area contributed by atoms with E-state index < -0.39 is 0 Å². The minimum absolute atomic E-state index is 0.0210. The van der Waals surface area contributed by atoms with Gasteiger partial charge in [0.15, 0.2) is 5.65 Å². The zero-order valence-corrected chi connectivity index (χ0v) is 19.3. The minimum atomic E-state index is -0.331. The maximum atomic E-state index is 12.9. The van der Waals surface area contributed by atoms with Gasteiger partial charge in [-0.3, -0.25) is 9.36 Å². The first-order valence-corrected chi connectivity index (χ1v) is 11.2. The summed E-state index contributed by atoms with van der Waals surface area (Å²) in [5.74, 6) is 0.862. The number of hydrogen-bond donors (Lipinski definition) is 2. The molecule has 3 aromatic rings. The van der Waals surface area contributed by atoms with Crippen LogP contribution in [-0.4, -0.2) is 57.6 Å². The number of carbonyl (C=O) groups excluding carboxylic acids is 2. The van der Waals surface area contributed by atoms with Crippen molar-refractivity contribution < 1.29 is 9.59 Å². The van der Waals surface area contributed by atoms with E-state index in [1.54, 1.807) is 11.1 Å². The third-order valence-corrected chi connectivity index (χ3v) is 6.45. The predicted octanol–water partition coefficient (Wildman–Crippen LogP) is 2.56. The number of aromatic nitrogens is 3. The zero-order valence-electron chi connectivity index (χ0n) is 19.3. The Bertz CT molecular complexity index is 1230. The van der Waals surface area contributed by atoms with Crippen molar-refractivity contribution in [3.8, 4) is 6.07 Å². The summed E-state index contributed by atoms with van der Waals surface area (Å²) in [5, 5.41) is 12.5. The molecule has 2 aromatic heterocycles. The van der Waals surface area contributed by atoms with Crippen LogP contribution >= 0.6 is 0 Å². The molecule has 176 valence electrons. The number of amides is 2. The van der Waals surface area contributed by atoms with Crippen LogP contribution < -0.4 is 16.0 Å². The summed E-state index contributed by atoms with van der Waals surface area (Å²) >= 11 is 0. The number of likely N-dealkylation sites (tertiary alicyclic amines) is 1. The quantitative estimate of drug-likeness (QED) is 0.598. The van der Waals surface area contributed by atoms with Gasteiger partial charge in [-0.25, -0.2) is 14.8 Å². The van der Waals surface area contributed by atoms with E-state index in [0.29, 0.717) is 42.7 Å². The molecule has 4 rings (SSSR count). The lowest BCUT2D eigenvalue weighted by Gasteiger charge is -2.42. The van der Waals surface area contributed by atoms with E-state index in [-0.39, 0.29) is 24.4 Å². The van der Waals surface area contributed by atoms with E-state index >= 15 is 0 Å². The van der Waals surface area contributed by atoms with E-state index in [2.05, 4.69) is 22.2 Å². The first-order valence-electron chi connectivity index (χ1n) is 11.2. The number of nitrogens with zero attached hydrogens (tertiary/aromatic N) is 6. The van der Waals surface area contributed by atoms with Crippen LogP contribution in [0.3, 0.4) is 0 Å². The Morgan fingerprint density at radius 1 is 1.26 bits per heavy atom. The summed E-state index contributed by atoms with van der Waals surface area (Å²) < 4.78 is 1.46. The number of fused-ring (bicyclic) bond motifs is 1. The number of rotatable bonds is 5. The van der Waals surface area contributed by atoms with Gasteiger partial charge in [-0.15, -0.1) is 0 Å². The first-order chi connectivity index (χ1) is 16.4. The molecule has 1 fully saturated rings. The van der Waals surface area contributed by atoms with E-state index in [1.165, 1.54) is 10.9 Å². The van der Waals surface area contributed by atoms with Crippen molar-refractivity contribution >= 4 is 34.5 Å². The van der Waals surface area contributed by atoms with Crippen LogP contribution in [-0.2, 0) is 11.3 Å². The average Bonchev–Trinajstić information content (AvgIpc) is 3.29. The molecule has 2 atom stereocenters. The Kier molecular flexibility index (Phi) is 6.75. The molecule has 0 bridgehead atoms. The molecule has 10 nitrogen and oxygen atoms in total. The molecular weight excluding hydrogens is 432 g/mol. The van der Waals surface area contributed by atoms with E-state index in [1.807, 2.05) is 48.3 Å². The second-order valence-corrected chi connectivity index (χ2v) is 8.57. The lowest BCUT2D eigenvalue weighted by molar-refractivity contribution is -0.131. The van der Waals surface area contributed by atoms with Crippen LogP contribution in [0, 0.1) is 17.2 Å². The van der Waals surface area contributed by atoms with Crippen molar-refractivity contribution in [1.29, 1.82) is 5.26 Å². The summed E-state index contributed by atoms with van der Waals surface area (Å²) in [7, 11) is 1.94. The third-order valence-electron chi connectivity index (χ3n) is 6.45. The topological polar surface area (TPSA) is 133 Å². The second-order valence-electron chi connectivity index (χ2n) is 8.57. The Labute approximate surface area is 198 Å². The van der Waals surface area contributed by atoms with Crippen molar-refractivity contribution in [2.24, 2.45) is 11.7 Å². The summed E-state index contributed by atoms with van der Waals surface area (Å²) in [6.07, 6.45) is 3.84. The Morgan fingerprint density at radius 3 is 2.74 bits per heavy atom. The molecule has 0 aliphatic carbocycles. The molecule has 0 saturated carbocycles. The number of carbonyl (C=O) groups is 2. The minimum Gasteiger partial charge on any atom is -0.354 e. The number of nitriles is 1. The third kappa shape index (κ3) is 4.56. The highest BCUT2D eigenvalue weighted by atomic mass is 16.2. The van der Waals surface area contributed by atoms with Crippen molar-refractivity contribution in [2.45, 2.75) is 32.4 Å². The maximum absolute atomic E-state index is 12.9. The molecule has 1 aliphatic heterocycles. The van der Waals surface area contributed by atoms with Gasteiger partial charge in [0.05, 0.1) is 17.5 Å². The number of hydrogen-bond acceptors (Lipinski definition) is 7. The largest absolute Gasteiger partial charge is 0.354 e. The van der Waals surface area contributed by atoms with Gasteiger partial charge in [0.2, 0.25) is 5.91 Å². The van der Waals surface area contributed by atoms with Crippen molar-refractivity contribution in [3.63, 3.8) is 0 Å². The van der Waals surface area contributed by atoms with E-state index in [9.17, 15) is 9.59 Å². The highest BCUT2D eigenvalue weighted by Gasteiger charge is 2.32. The van der Waals surface area contributed by atoms with E-state index in [4.69, 9.17) is 11.0 Å². The summed E-state index contributed by atoms with van der Waals surface area (Å²) in [4.78, 5) is 37.9. The van der Waals surface area contributed by atoms with Gasteiger partial charge in [-0.1, -0.05) is 19.1 Å². The zero-order chi connectivity index (χ0) is 24.2. The van der Waals surface area contributed by atoms with Gasteiger partial charge in [0, 0.05) is 38.6 Å². The van der Waals surface area contributed by atoms with Gasteiger partial charge < -0.3 is 20.9 Å². The fourth-order valence-electron chi connectivity index (χ4n) is 4.41. The predicted molar refractivity (Wildman–Crippen MR) is 129 cm³/mol. The summed E-state index contributed by atoms with van der Waals surface area (Å²) in [6, 6.07) is 10.8. The van der Waals surface area contributed by atoms with Crippen LogP contribution in [0.1, 0.15) is 25.3 Å². The summed E-state index contributed by atoms with van der Waals surface area (Å²) in [6.45, 7) is 3.76. The van der Waals surface area contributed by atoms with Gasteiger partial charge in [0.25, 0.3) is 0 Å². The fraction of sp³-hybridized carbons (Fsp3) is 0.375. The molecule has 0 radical (unpaired) electrons.